The lowest BCUT2D eigenvalue weighted by atomic mass is 9.82. The van der Waals surface area contributed by atoms with Crippen LogP contribution in [0.5, 0.6) is 0 Å². The fourth-order valence-corrected chi connectivity index (χ4v) is 8.80. The zero-order valence-electron chi connectivity index (χ0n) is 50.1. The molecule has 2 aliphatic carbocycles. The molecule has 0 aromatic carbocycles. The first-order chi connectivity index (χ1) is 36.6. The van der Waals surface area contributed by atoms with Gasteiger partial charge in [-0.15, -0.1) is 0 Å². The quantitative estimate of drug-likeness (QED) is 0.0621. The zero-order chi connectivity index (χ0) is 60.6. The van der Waals surface area contributed by atoms with E-state index in [1.54, 1.807) is 110 Å². The highest BCUT2D eigenvalue weighted by Gasteiger charge is 2.54. The number of aliphatic hydroxyl groups is 4. The molecule has 0 radical (unpaired) electrons. The molecule has 3 fully saturated rings. The number of amides is 6. The van der Waals surface area contributed by atoms with Crippen LogP contribution in [-0.4, -0.2) is 214 Å². The smallest absolute Gasteiger partial charge is 0.410 e. The van der Waals surface area contributed by atoms with Crippen molar-refractivity contribution in [1.29, 1.82) is 0 Å². The number of likely N-dealkylation sites (N-methyl/N-ethyl adjacent to an activating group) is 1. The second kappa shape index (κ2) is 27.0. The van der Waals surface area contributed by atoms with Crippen molar-refractivity contribution >= 4 is 36.4 Å². The first-order valence-electron chi connectivity index (χ1n) is 27.5. The minimum absolute atomic E-state index is 0.0604. The van der Waals surface area contributed by atoms with Crippen LogP contribution < -0.4 is 26.6 Å². The van der Waals surface area contributed by atoms with Gasteiger partial charge in [0, 0.05) is 38.5 Å². The summed E-state index contributed by atoms with van der Waals surface area (Å²) in [6.07, 6.45) is -11.1. The summed E-state index contributed by atoms with van der Waals surface area (Å²) < 4.78 is 53.3. The lowest BCUT2D eigenvalue weighted by molar-refractivity contribution is -0.276. The average Bonchev–Trinajstić information content (AvgIpc) is 3.94. The summed E-state index contributed by atoms with van der Waals surface area (Å²) in [6, 6.07) is -4.82. The number of carbonyl (C=O) groups is 6. The summed E-state index contributed by atoms with van der Waals surface area (Å²) in [4.78, 5) is 82.8. The molecule has 0 spiro atoms. The van der Waals surface area contributed by atoms with Crippen LogP contribution in [0.25, 0.3) is 0 Å². The molecule has 6 amide bonds. The summed E-state index contributed by atoms with van der Waals surface area (Å²) >= 11 is 0. The van der Waals surface area contributed by atoms with Crippen molar-refractivity contribution < 1.29 is 91.8 Å². The molecule has 0 aromatic heterocycles. The number of aliphatic hydroxyl groups excluding tert-OH is 3. The van der Waals surface area contributed by atoms with Crippen LogP contribution >= 0.6 is 0 Å². The van der Waals surface area contributed by atoms with Crippen LogP contribution in [0.2, 0.25) is 0 Å². The number of carbonyl (C=O) groups excluding carboxylic acids is 6. The summed E-state index contributed by atoms with van der Waals surface area (Å²) in [5.41, 5.74) is -6.85. The molecule has 26 nitrogen and oxygen atoms in total. The third-order valence-electron chi connectivity index (χ3n) is 13.0. The Morgan fingerprint density at radius 3 is 1.82 bits per heavy atom. The van der Waals surface area contributed by atoms with E-state index in [-0.39, 0.29) is 37.8 Å². The largest absolute Gasteiger partial charge is 0.466 e. The molecule has 80 heavy (non-hydrogen) atoms. The van der Waals surface area contributed by atoms with Gasteiger partial charge in [-0.1, -0.05) is 0 Å². The molecule has 11 atom stereocenters. The molecule has 1 unspecified atom stereocenters. The van der Waals surface area contributed by atoms with Gasteiger partial charge < -0.3 is 99.4 Å². The van der Waals surface area contributed by atoms with Crippen molar-refractivity contribution in [2.24, 2.45) is 5.41 Å². The number of hydrogen-bond acceptors (Lipinski definition) is 20. The topological polar surface area (TPSA) is 333 Å². The van der Waals surface area contributed by atoms with Crippen molar-refractivity contribution in [2.75, 3.05) is 53.0 Å². The van der Waals surface area contributed by atoms with Gasteiger partial charge in [0.2, 0.25) is 6.29 Å². The summed E-state index contributed by atoms with van der Waals surface area (Å²) in [7, 11) is 1.38. The normalized spacial score (nSPS) is 26.2. The molecule has 26 heteroatoms. The molecule has 2 aliphatic heterocycles. The van der Waals surface area contributed by atoms with Crippen molar-refractivity contribution in [3.05, 3.63) is 11.8 Å². The van der Waals surface area contributed by atoms with E-state index in [0.29, 0.717) is 18.8 Å². The monoisotopic (exact) mass is 1150 g/mol. The number of nitrogens with one attached hydrogen (secondary N) is 5. The van der Waals surface area contributed by atoms with Gasteiger partial charge in [0.15, 0.2) is 11.9 Å². The third kappa shape index (κ3) is 21.7. The Balaban J connectivity index is 1.76. The van der Waals surface area contributed by atoms with Crippen molar-refractivity contribution in [3.63, 3.8) is 0 Å². The summed E-state index contributed by atoms with van der Waals surface area (Å²) in [5.74, 6) is -0.619. The van der Waals surface area contributed by atoms with Gasteiger partial charge in [0.25, 0.3) is 5.91 Å². The standard InChI is InChI=1S/C54H95N7O19/c1-31(60(17)46(69)79-51(11,12)13)36(63)41(72-25-24-62)75-38-34(57-42(65)54(71)22-23-61(30-54)47(70)80-52(14,15)16)26-35(59-45(68)78-50(8,9)10)39(37(38)64)74-40-33(58-44(67)77-49(5,6)7)19-18-32(73-40)27-55-28-53(20-21-53)29-56-43(66)76-48(2,3)4/h18,31,33-41,55,62-64,71H,19-30H2,1-17H3,(H,56,66)(H,57,65)(H,58,67)(H,59,68)/t31-,33+,34+,35-,36+,37+,38-,39+,40+,41+,54?/m0/s1. The second-order valence-electron chi connectivity index (χ2n) is 26.3. The molecular formula is C54H95N7O19. The molecule has 0 aromatic rings. The molecule has 1 saturated heterocycles. The number of β-amino-alcohol motifs (C(OH)–C–C–N with tert-alkyl or cyclic N) is 1. The maximum atomic E-state index is 14.5. The number of hydrogen-bond donors (Lipinski definition) is 9. The molecule has 9 N–H and O–H groups in total. The highest BCUT2D eigenvalue weighted by molar-refractivity contribution is 5.87. The summed E-state index contributed by atoms with van der Waals surface area (Å²) in [6.45, 7) is 26.3. The van der Waals surface area contributed by atoms with Crippen LogP contribution in [0.1, 0.15) is 143 Å². The fourth-order valence-electron chi connectivity index (χ4n) is 8.80. The highest BCUT2D eigenvalue weighted by Crippen LogP contribution is 2.44. The van der Waals surface area contributed by atoms with E-state index in [1.165, 1.54) is 18.9 Å². The van der Waals surface area contributed by atoms with Gasteiger partial charge in [-0.05, 0) is 143 Å². The van der Waals surface area contributed by atoms with Crippen LogP contribution in [0.3, 0.4) is 0 Å². The third-order valence-corrected chi connectivity index (χ3v) is 13.0. The first-order valence-corrected chi connectivity index (χ1v) is 27.5. The van der Waals surface area contributed by atoms with Crippen molar-refractivity contribution in [3.8, 4) is 0 Å². The Labute approximate surface area is 471 Å². The Kier molecular flexibility index (Phi) is 22.8. The molecule has 2 saturated carbocycles. The second-order valence-corrected chi connectivity index (χ2v) is 26.3. The molecule has 0 bridgehead atoms. The fraction of sp³-hybridized carbons (Fsp3) is 0.852. The number of rotatable bonds is 20. The van der Waals surface area contributed by atoms with Gasteiger partial charge >= 0.3 is 30.5 Å². The molecule has 460 valence electrons. The van der Waals surface area contributed by atoms with E-state index in [2.05, 4.69) is 26.6 Å². The molecule has 4 rings (SSSR count). The lowest BCUT2D eigenvalue weighted by Gasteiger charge is -2.48. The molecular weight excluding hydrogens is 1050 g/mol. The average molecular weight is 1150 g/mol. The van der Waals surface area contributed by atoms with Crippen LogP contribution in [-0.2, 0) is 47.4 Å². The van der Waals surface area contributed by atoms with Gasteiger partial charge in [0.1, 0.15) is 58.2 Å². The number of ether oxygens (including phenoxy) is 9. The number of likely N-dealkylation sites (tertiary alicyclic amines) is 1. The van der Waals surface area contributed by atoms with E-state index in [0.717, 1.165) is 17.7 Å². The minimum Gasteiger partial charge on any atom is -0.466 e. The predicted octanol–water partition coefficient (Wildman–Crippen LogP) is 3.64. The Bertz CT molecular complexity index is 2150. The Hall–Kier alpha value is -4.96. The Morgan fingerprint density at radius 2 is 1.29 bits per heavy atom. The van der Waals surface area contributed by atoms with E-state index in [4.69, 9.17) is 42.6 Å². The van der Waals surface area contributed by atoms with Crippen molar-refractivity contribution in [1.82, 2.24) is 36.4 Å². The SMILES string of the molecule is C[C@@H]([C@@H](O)[C@H](OCCO)O[C@@H]1[C@@H](O)[C@H](O[C@H]2OC(CNCC3(CNC(=O)OC(C)(C)C)CC3)=CC[C@H]2NC(=O)OC(C)(C)C)[C@@H](NC(=O)OC(C)(C)C)C[C@H]1NC(=O)C1(O)CCN(C(=O)OC(C)(C)C)C1)N(C)C(=O)OC(C)(C)C. The van der Waals surface area contributed by atoms with Gasteiger partial charge in [0.05, 0.1) is 50.5 Å². The van der Waals surface area contributed by atoms with Crippen LogP contribution in [0.4, 0.5) is 24.0 Å². The van der Waals surface area contributed by atoms with Crippen LogP contribution in [0, 0.1) is 5.41 Å². The van der Waals surface area contributed by atoms with Crippen molar-refractivity contribution in [2.45, 2.75) is 238 Å². The van der Waals surface area contributed by atoms with Gasteiger partial charge in [-0.25, -0.2) is 24.0 Å². The number of alkyl carbamates (subject to hydrolysis) is 3. The minimum atomic E-state index is -2.20. The van der Waals surface area contributed by atoms with E-state index in [1.807, 2.05) is 0 Å². The maximum Gasteiger partial charge on any atom is 0.410 e. The van der Waals surface area contributed by atoms with Crippen LogP contribution in [0.15, 0.2) is 11.8 Å². The Morgan fingerprint density at radius 1 is 0.750 bits per heavy atom. The molecule has 2 heterocycles. The van der Waals surface area contributed by atoms with E-state index >= 15 is 0 Å². The van der Waals surface area contributed by atoms with Gasteiger partial charge in [-0.2, -0.15) is 0 Å². The number of nitrogens with zero attached hydrogens (tertiary/aromatic N) is 2. The zero-order valence-corrected chi connectivity index (χ0v) is 50.1. The molecule has 4 aliphatic rings. The predicted molar refractivity (Wildman–Crippen MR) is 289 cm³/mol. The highest BCUT2D eigenvalue weighted by atomic mass is 16.7. The first kappa shape index (κ1) is 67.5. The summed E-state index contributed by atoms with van der Waals surface area (Å²) in [5, 5.41) is 61.3. The lowest BCUT2D eigenvalue weighted by Crippen LogP contribution is -2.69. The van der Waals surface area contributed by atoms with E-state index < -0.39 is 151 Å². The van der Waals surface area contributed by atoms with E-state index in [9.17, 15) is 49.2 Å². The maximum absolute atomic E-state index is 14.5. The van der Waals surface area contributed by atoms with Gasteiger partial charge in [-0.3, -0.25) is 4.79 Å².